The molecular formula is C13H17N5OS. The highest BCUT2D eigenvalue weighted by molar-refractivity contribution is 7.15. The van der Waals surface area contributed by atoms with Crippen LogP contribution in [-0.2, 0) is 19.4 Å². The minimum atomic E-state index is -0.243. The summed E-state index contributed by atoms with van der Waals surface area (Å²) in [4.78, 5) is 18.1. The van der Waals surface area contributed by atoms with Gasteiger partial charge in [0.1, 0.15) is 5.69 Å². The molecule has 106 valence electrons. The number of amides is 1. The molecule has 3 N–H and O–H groups in total. The van der Waals surface area contributed by atoms with E-state index in [-0.39, 0.29) is 5.91 Å². The topological polar surface area (TPSA) is 85.8 Å². The molecule has 7 heteroatoms. The number of aromatic nitrogens is 3. The summed E-state index contributed by atoms with van der Waals surface area (Å²) in [6, 6.07) is 0. The number of nitrogens with two attached hydrogens (primary N) is 1. The Morgan fingerprint density at radius 1 is 1.50 bits per heavy atom. The van der Waals surface area contributed by atoms with Gasteiger partial charge in [-0.15, -0.1) is 11.3 Å². The van der Waals surface area contributed by atoms with E-state index in [1.807, 2.05) is 6.92 Å². The van der Waals surface area contributed by atoms with Gasteiger partial charge in [0.2, 0.25) is 0 Å². The standard InChI is InChI=1S/C13H17N5OS/c1-2-18-11(8(14)7-15-18)12(19)17-13-16-9-5-3-4-6-10(9)20-13/h7H,2-6,14H2,1H3,(H,16,17,19). The van der Waals surface area contributed by atoms with Crippen molar-refractivity contribution in [3.05, 3.63) is 22.5 Å². The molecule has 0 radical (unpaired) electrons. The summed E-state index contributed by atoms with van der Waals surface area (Å²) in [6.45, 7) is 2.53. The Labute approximate surface area is 121 Å². The Kier molecular flexibility index (Phi) is 3.43. The van der Waals surface area contributed by atoms with E-state index in [9.17, 15) is 4.79 Å². The molecule has 1 aliphatic rings. The zero-order valence-electron chi connectivity index (χ0n) is 11.3. The molecule has 0 bridgehead atoms. The monoisotopic (exact) mass is 291 g/mol. The van der Waals surface area contributed by atoms with E-state index in [1.165, 1.54) is 23.9 Å². The smallest absolute Gasteiger partial charge is 0.277 e. The molecular weight excluding hydrogens is 274 g/mol. The van der Waals surface area contributed by atoms with Crippen LogP contribution in [0.2, 0.25) is 0 Å². The first kappa shape index (κ1) is 13.1. The molecule has 2 aromatic rings. The second-order valence-electron chi connectivity index (χ2n) is 4.81. The molecule has 2 heterocycles. The maximum atomic E-state index is 12.3. The zero-order valence-corrected chi connectivity index (χ0v) is 12.2. The highest BCUT2D eigenvalue weighted by Crippen LogP contribution is 2.30. The molecule has 6 nitrogen and oxygen atoms in total. The van der Waals surface area contributed by atoms with E-state index in [2.05, 4.69) is 15.4 Å². The van der Waals surface area contributed by atoms with Gasteiger partial charge in [-0.1, -0.05) is 0 Å². The van der Waals surface area contributed by atoms with Crippen LogP contribution >= 0.6 is 11.3 Å². The van der Waals surface area contributed by atoms with Crippen LogP contribution in [0.3, 0.4) is 0 Å². The van der Waals surface area contributed by atoms with E-state index in [0.717, 1.165) is 18.5 Å². The third-order valence-electron chi connectivity index (χ3n) is 3.45. The molecule has 0 unspecified atom stereocenters. The van der Waals surface area contributed by atoms with Gasteiger partial charge in [0.25, 0.3) is 5.91 Å². The number of aryl methyl sites for hydroxylation is 3. The normalized spacial score (nSPS) is 14.1. The second-order valence-corrected chi connectivity index (χ2v) is 5.90. The summed E-state index contributed by atoms with van der Waals surface area (Å²) in [5.41, 5.74) is 7.74. The lowest BCUT2D eigenvalue weighted by atomic mass is 10.0. The van der Waals surface area contributed by atoms with Crippen molar-refractivity contribution in [2.75, 3.05) is 11.1 Å². The van der Waals surface area contributed by atoms with Crippen molar-refractivity contribution < 1.29 is 4.79 Å². The zero-order chi connectivity index (χ0) is 14.1. The van der Waals surface area contributed by atoms with Crippen molar-refractivity contribution in [2.45, 2.75) is 39.2 Å². The molecule has 0 fully saturated rings. The number of nitrogens with zero attached hydrogens (tertiary/aromatic N) is 3. The van der Waals surface area contributed by atoms with Gasteiger partial charge in [-0.25, -0.2) is 4.98 Å². The van der Waals surface area contributed by atoms with Crippen LogP contribution in [0.4, 0.5) is 10.8 Å². The Balaban J connectivity index is 1.82. The van der Waals surface area contributed by atoms with Crippen molar-refractivity contribution in [3.63, 3.8) is 0 Å². The van der Waals surface area contributed by atoms with Crippen LogP contribution in [0.5, 0.6) is 0 Å². The highest BCUT2D eigenvalue weighted by Gasteiger charge is 2.20. The van der Waals surface area contributed by atoms with E-state index in [1.54, 1.807) is 16.0 Å². The number of nitrogens with one attached hydrogen (secondary N) is 1. The molecule has 0 saturated carbocycles. The van der Waals surface area contributed by atoms with Gasteiger partial charge >= 0.3 is 0 Å². The van der Waals surface area contributed by atoms with E-state index >= 15 is 0 Å². The summed E-state index contributed by atoms with van der Waals surface area (Å²) in [7, 11) is 0. The third kappa shape index (κ3) is 2.29. The lowest BCUT2D eigenvalue weighted by molar-refractivity contribution is 0.101. The van der Waals surface area contributed by atoms with Gasteiger partial charge in [-0.05, 0) is 32.6 Å². The fourth-order valence-electron chi connectivity index (χ4n) is 2.45. The number of hydrogen-bond donors (Lipinski definition) is 2. The molecule has 20 heavy (non-hydrogen) atoms. The van der Waals surface area contributed by atoms with Gasteiger partial charge in [0.15, 0.2) is 5.13 Å². The molecule has 1 aliphatic carbocycles. The fourth-order valence-corrected chi connectivity index (χ4v) is 3.49. The number of carbonyl (C=O) groups is 1. The molecule has 0 aromatic carbocycles. The quantitative estimate of drug-likeness (QED) is 0.906. The SMILES string of the molecule is CCn1ncc(N)c1C(=O)Nc1nc2c(s1)CCCC2. The largest absolute Gasteiger partial charge is 0.396 e. The van der Waals surface area contributed by atoms with Gasteiger partial charge in [-0.3, -0.25) is 14.8 Å². The Morgan fingerprint density at radius 3 is 3.05 bits per heavy atom. The minimum absolute atomic E-state index is 0.243. The van der Waals surface area contributed by atoms with E-state index in [0.29, 0.717) is 23.1 Å². The third-order valence-corrected chi connectivity index (χ3v) is 4.52. The molecule has 0 atom stereocenters. The molecule has 2 aromatic heterocycles. The Bertz CT molecular complexity index is 622. The lowest BCUT2D eigenvalue weighted by Crippen LogP contribution is -2.18. The number of anilines is 2. The first-order valence-electron chi connectivity index (χ1n) is 6.80. The molecule has 0 spiro atoms. The number of carbonyl (C=O) groups excluding carboxylic acids is 1. The van der Waals surface area contributed by atoms with Crippen LogP contribution in [0.1, 0.15) is 40.8 Å². The van der Waals surface area contributed by atoms with Gasteiger partial charge < -0.3 is 5.73 Å². The lowest BCUT2D eigenvalue weighted by Gasteiger charge is -2.06. The number of fused-ring (bicyclic) bond motifs is 1. The van der Waals surface area contributed by atoms with Crippen molar-refractivity contribution in [1.82, 2.24) is 14.8 Å². The average Bonchev–Trinajstić information content (AvgIpc) is 3.00. The van der Waals surface area contributed by atoms with Gasteiger partial charge in [0.05, 0.1) is 17.6 Å². The molecule has 0 saturated heterocycles. The van der Waals surface area contributed by atoms with Crippen LogP contribution < -0.4 is 11.1 Å². The fraction of sp³-hybridized carbons (Fsp3) is 0.462. The molecule has 1 amide bonds. The minimum Gasteiger partial charge on any atom is -0.396 e. The second kappa shape index (κ2) is 5.24. The average molecular weight is 291 g/mol. The summed E-state index contributed by atoms with van der Waals surface area (Å²) in [5, 5.41) is 7.58. The van der Waals surface area contributed by atoms with Crippen molar-refractivity contribution in [1.29, 1.82) is 0 Å². The predicted molar refractivity (Wildman–Crippen MR) is 79.0 cm³/mol. The summed E-state index contributed by atoms with van der Waals surface area (Å²) in [5.74, 6) is -0.243. The Hall–Kier alpha value is -1.89. The molecule has 0 aliphatic heterocycles. The Morgan fingerprint density at radius 2 is 2.30 bits per heavy atom. The number of nitrogen functional groups attached to an aromatic ring is 1. The van der Waals surface area contributed by atoms with E-state index < -0.39 is 0 Å². The number of hydrogen-bond acceptors (Lipinski definition) is 5. The van der Waals surface area contributed by atoms with Gasteiger partial charge in [0, 0.05) is 11.4 Å². The van der Waals surface area contributed by atoms with Crippen molar-refractivity contribution in [3.8, 4) is 0 Å². The highest BCUT2D eigenvalue weighted by atomic mass is 32.1. The first-order valence-corrected chi connectivity index (χ1v) is 7.62. The van der Waals surface area contributed by atoms with Crippen LogP contribution in [0, 0.1) is 0 Å². The van der Waals surface area contributed by atoms with Crippen LogP contribution in [-0.4, -0.2) is 20.7 Å². The first-order chi connectivity index (χ1) is 9.69. The van der Waals surface area contributed by atoms with Gasteiger partial charge in [-0.2, -0.15) is 5.10 Å². The van der Waals surface area contributed by atoms with E-state index in [4.69, 9.17) is 5.73 Å². The molecule has 3 rings (SSSR count). The maximum absolute atomic E-state index is 12.3. The predicted octanol–water partition coefficient (Wildman–Crippen LogP) is 2.07. The maximum Gasteiger partial charge on any atom is 0.277 e. The number of thiazole rings is 1. The van der Waals surface area contributed by atoms with Crippen molar-refractivity contribution in [2.24, 2.45) is 0 Å². The number of rotatable bonds is 3. The summed E-state index contributed by atoms with van der Waals surface area (Å²) >= 11 is 1.57. The summed E-state index contributed by atoms with van der Waals surface area (Å²) < 4.78 is 1.60. The van der Waals surface area contributed by atoms with Crippen LogP contribution in [0.15, 0.2) is 6.20 Å². The van der Waals surface area contributed by atoms with Crippen molar-refractivity contribution >= 4 is 28.1 Å². The summed E-state index contributed by atoms with van der Waals surface area (Å²) in [6.07, 6.45) is 5.97. The van der Waals surface area contributed by atoms with Crippen LogP contribution in [0.25, 0.3) is 0 Å².